The minimum Gasteiger partial charge on any atom is -0.489 e. The van der Waals surface area contributed by atoms with Crippen molar-refractivity contribution < 1.29 is 26.7 Å². The van der Waals surface area contributed by atoms with Gasteiger partial charge >= 0.3 is 0 Å². The molecule has 9 heteroatoms. The Balaban J connectivity index is 1.28. The summed E-state index contributed by atoms with van der Waals surface area (Å²) in [5, 5.41) is 0. The van der Waals surface area contributed by atoms with Crippen LogP contribution in [0.25, 0.3) is 0 Å². The largest absolute Gasteiger partial charge is 0.489 e. The minimum atomic E-state index is -3.48. The van der Waals surface area contributed by atoms with Crippen LogP contribution in [0, 0.1) is 11.3 Å². The molecule has 4 aliphatic rings. The molecule has 1 amide bonds. The molecule has 31 heavy (non-hydrogen) atoms. The molecule has 2 N–H and O–H groups in total. The maximum Gasteiger partial charge on any atom is 0.229 e. The summed E-state index contributed by atoms with van der Waals surface area (Å²) in [6.45, 7) is 1.10. The smallest absolute Gasteiger partial charge is 0.229 e. The van der Waals surface area contributed by atoms with E-state index in [1.165, 1.54) is 12.1 Å². The zero-order valence-electron chi connectivity index (χ0n) is 17.4. The lowest BCUT2D eigenvalue weighted by molar-refractivity contribution is -0.222. The quantitative estimate of drug-likeness (QED) is 0.653. The number of nitrogens with zero attached hydrogens (tertiary/aromatic N) is 1. The molecule has 1 aliphatic heterocycles. The van der Waals surface area contributed by atoms with Gasteiger partial charge in [-0.15, -0.1) is 0 Å². The fourth-order valence-electron chi connectivity index (χ4n) is 4.99. The van der Waals surface area contributed by atoms with E-state index in [2.05, 4.69) is 0 Å². The van der Waals surface area contributed by atoms with Crippen molar-refractivity contribution in [2.75, 3.05) is 32.0 Å². The summed E-state index contributed by atoms with van der Waals surface area (Å²) in [5.41, 5.74) is 4.11. The number of alkyl halides is 1. The molecule has 1 saturated heterocycles. The van der Waals surface area contributed by atoms with E-state index in [0.717, 1.165) is 0 Å². The Bertz CT molecular complexity index is 950. The second-order valence-electron chi connectivity index (χ2n) is 9.21. The third-order valence-corrected chi connectivity index (χ3v) is 8.70. The first-order chi connectivity index (χ1) is 14.7. The first-order valence-corrected chi connectivity index (χ1v) is 12.3. The Kier molecular flexibility index (Phi) is 5.85. The van der Waals surface area contributed by atoms with Gasteiger partial charge in [-0.25, -0.2) is 17.2 Å². The monoisotopic (exact) mass is 454 g/mol. The molecule has 3 aliphatic carbocycles. The second-order valence-corrected chi connectivity index (χ2v) is 11.2. The molecule has 1 heterocycles. The lowest BCUT2D eigenvalue weighted by Crippen LogP contribution is -2.70. The summed E-state index contributed by atoms with van der Waals surface area (Å²) in [7, 11) is -3.48. The molecular weight excluding hydrogens is 426 g/mol. The van der Waals surface area contributed by atoms with Crippen LogP contribution in [0.5, 0.6) is 5.75 Å². The number of ether oxygens (including phenoxy) is 1. The zero-order valence-corrected chi connectivity index (χ0v) is 18.2. The van der Waals surface area contributed by atoms with Gasteiger partial charge < -0.3 is 15.4 Å². The lowest BCUT2D eigenvalue weighted by Gasteiger charge is -2.65. The van der Waals surface area contributed by atoms with Crippen LogP contribution in [0.15, 0.2) is 41.1 Å². The number of hydrogen-bond donors (Lipinski definition) is 1. The van der Waals surface area contributed by atoms with Gasteiger partial charge in [0.05, 0.1) is 22.4 Å². The Morgan fingerprint density at radius 2 is 1.81 bits per heavy atom. The Hall–Kier alpha value is -2.00. The summed E-state index contributed by atoms with van der Waals surface area (Å²) in [5.74, 6) is 0.481. The van der Waals surface area contributed by atoms with Gasteiger partial charge in [-0.2, -0.15) is 0 Å². The van der Waals surface area contributed by atoms with Gasteiger partial charge in [0.2, 0.25) is 5.91 Å². The van der Waals surface area contributed by atoms with Crippen LogP contribution in [0.1, 0.15) is 32.1 Å². The lowest BCUT2D eigenvalue weighted by atomic mass is 9.42. The number of hydrogen-bond acceptors (Lipinski definition) is 5. The third-order valence-electron chi connectivity index (χ3n) is 6.80. The number of rotatable bonds is 8. The van der Waals surface area contributed by atoms with Crippen molar-refractivity contribution in [2.45, 2.75) is 42.7 Å². The molecule has 5 rings (SSSR count). The van der Waals surface area contributed by atoms with E-state index in [-0.39, 0.29) is 35.6 Å². The van der Waals surface area contributed by atoms with Crippen molar-refractivity contribution >= 4 is 15.7 Å². The molecule has 0 radical (unpaired) electrons. The normalized spacial score (nSPS) is 28.6. The fraction of sp³-hybridized carbons (Fsp3) is 0.591. The number of benzene rings is 1. The minimum absolute atomic E-state index is 0.00396. The van der Waals surface area contributed by atoms with E-state index >= 15 is 0 Å². The molecule has 1 aromatic carbocycles. The molecule has 6 nitrogen and oxygen atoms in total. The van der Waals surface area contributed by atoms with Crippen molar-refractivity contribution in [1.82, 2.24) is 4.90 Å². The van der Waals surface area contributed by atoms with Crippen LogP contribution in [0.3, 0.4) is 0 Å². The molecular formula is C22H28F2N2O4S. The van der Waals surface area contributed by atoms with E-state index in [1.54, 1.807) is 17.0 Å². The maximum atomic E-state index is 13.7. The van der Waals surface area contributed by atoms with Gasteiger partial charge in [0, 0.05) is 25.2 Å². The van der Waals surface area contributed by atoms with Crippen LogP contribution in [-0.2, 0) is 14.6 Å². The van der Waals surface area contributed by atoms with E-state index in [4.69, 9.17) is 10.5 Å². The van der Waals surface area contributed by atoms with Gasteiger partial charge in [0.15, 0.2) is 9.84 Å². The highest BCUT2D eigenvalue weighted by molar-refractivity contribution is 7.91. The Labute approximate surface area is 181 Å². The molecule has 0 aromatic heterocycles. The predicted octanol–water partition coefficient (Wildman–Crippen LogP) is 2.78. The highest BCUT2D eigenvalue weighted by Crippen LogP contribution is 2.70. The molecule has 1 aromatic rings. The first kappa shape index (κ1) is 22.2. The van der Waals surface area contributed by atoms with Crippen molar-refractivity contribution in [1.29, 1.82) is 0 Å². The number of piperidine rings is 1. The number of amides is 1. The van der Waals surface area contributed by atoms with E-state index < -0.39 is 20.9 Å². The van der Waals surface area contributed by atoms with E-state index in [1.807, 2.05) is 0 Å². The highest BCUT2D eigenvalue weighted by Gasteiger charge is 2.73. The molecule has 0 unspecified atom stereocenters. The summed E-state index contributed by atoms with van der Waals surface area (Å²) in [4.78, 5) is 14.7. The first-order valence-electron chi connectivity index (χ1n) is 10.6. The fourth-order valence-corrected chi connectivity index (χ4v) is 6.69. The number of halogens is 2. The Morgan fingerprint density at radius 3 is 2.32 bits per heavy atom. The van der Waals surface area contributed by atoms with E-state index in [9.17, 15) is 22.0 Å². The third kappa shape index (κ3) is 4.35. The van der Waals surface area contributed by atoms with Crippen LogP contribution in [-0.4, -0.2) is 56.9 Å². The summed E-state index contributed by atoms with van der Waals surface area (Å²) in [6, 6.07) is 6.06. The van der Waals surface area contributed by atoms with Crippen molar-refractivity contribution in [3.63, 3.8) is 0 Å². The predicted molar refractivity (Wildman–Crippen MR) is 112 cm³/mol. The topological polar surface area (TPSA) is 89.7 Å². The Morgan fingerprint density at radius 1 is 1.19 bits per heavy atom. The number of nitrogens with two attached hydrogens (primary N) is 1. The molecule has 4 fully saturated rings. The zero-order chi connectivity index (χ0) is 22.3. The van der Waals surface area contributed by atoms with Gasteiger partial charge in [-0.05, 0) is 62.3 Å². The van der Waals surface area contributed by atoms with Crippen molar-refractivity contribution in [2.24, 2.45) is 17.1 Å². The second kappa shape index (κ2) is 8.16. The number of carbonyl (C=O) groups is 1. The molecule has 0 atom stereocenters. The molecule has 3 saturated carbocycles. The SMILES string of the molecule is NC/C(=C\F)COc1ccc(S(=O)(=O)CC2CCN(C(=O)C34CC(F)(C3)C4)CC2)cc1. The summed E-state index contributed by atoms with van der Waals surface area (Å²) in [6.07, 6.45) is 2.71. The van der Waals surface area contributed by atoms with E-state index in [0.29, 0.717) is 62.8 Å². The number of carbonyl (C=O) groups excluding carboxylic acids is 1. The van der Waals surface area contributed by atoms with Gasteiger partial charge in [0.25, 0.3) is 0 Å². The van der Waals surface area contributed by atoms with Crippen molar-refractivity contribution in [3.05, 3.63) is 36.2 Å². The van der Waals surface area contributed by atoms with Gasteiger partial charge in [-0.3, -0.25) is 4.79 Å². The van der Waals surface area contributed by atoms with Crippen LogP contribution < -0.4 is 10.5 Å². The van der Waals surface area contributed by atoms with Crippen LogP contribution >= 0.6 is 0 Å². The summed E-state index contributed by atoms with van der Waals surface area (Å²) >= 11 is 0. The average molecular weight is 455 g/mol. The van der Waals surface area contributed by atoms with Gasteiger partial charge in [-0.1, -0.05) is 0 Å². The van der Waals surface area contributed by atoms with Crippen molar-refractivity contribution in [3.8, 4) is 5.75 Å². The molecule has 0 spiro atoms. The standard InChI is InChI=1S/C22H28F2N2O4S/c23-9-17(10-25)11-30-18-1-3-19(4-2-18)31(28,29)12-16-5-7-26(8-6-16)20(27)21-13-22(24,14-21)15-21/h1-4,9,16H,5-8,10-15,25H2/b17-9+. The van der Waals surface area contributed by atoms with Crippen LogP contribution in [0.2, 0.25) is 0 Å². The van der Waals surface area contributed by atoms with Gasteiger partial charge in [0.1, 0.15) is 18.0 Å². The summed E-state index contributed by atoms with van der Waals surface area (Å²) < 4.78 is 57.3. The molecule has 170 valence electrons. The molecule has 2 bridgehead atoms. The number of sulfone groups is 1. The average Bonchev–Trinajstić information content (AvgIpc) is 2.71. The number of likely N-dealkylation sites (tertiary alicyclic amines) is 1. The maximum absolute atomic E-state index is 13.7. The highest BCUT2D eigenvalue weighted by atomic mass is 32.2. The van der Waals surface area contributed by atoms with Crippen LogP contribution in [0.4, 0.5) is 8.78 Å².